The van der Waals surface area contributed by atoms with Crippen LogP contribution < -0.4 is 5.32 Å². The molecule has 1 aromatic carbocycles. The van der Waals surface area contributed by atoms with E-state index in [9.17, 15) is 0 Å². The smallest absolute Gasteiger partial charge is 0.130 e. The van der Waals surface area contributed by atoms with E-state index in [2.05, 4.69) is 85.6 Å². The lowest BCUT2D eigenvalue weighted by Crippen LogP contribution is -2.44. The first-order valence-electron chi connectivity index (χ1n) is 12.3. The fourth-order valence-corrected chi connectivity index (χ4v) is 5.01. The molecule has 0 spiro atoms. The molecule has 1 aromatic rings. The van der Waals surface area contributed by atoms with Gasteiger partial charge in [0.15, 0.2) is 0 Å². The van der Waals surface area contributed by atoms with E-state index in [0.29, 0.717) is 16.9 Å². The van der Waals surface area contributed by atoms with Gasteiger partial charge in [-0.1, -0.05) is 31.7 Å². The van der Waals surface area contributed by atoms with Crippen LogP contribution in [-0.2, 0) is 5.75 Å². The molecule has 3 rings (SSSR count). The highest BCUT2D eigenvalue weighted by Crippen LogP contribution is 2.25. The maximum atomic E-state index is 7.67. The van der Waals surface area contributed by atoms with Crippen molar-refractivity contribution in [3.8, 4) is 0 Å². The van der Waals surface area contributed by atoms with Gasteiger partial charge < -0.3 is 15.1 Å². The molecule has 7 heteroatoms. The summed E-state index contributed by atoms with van der Waals surface area (Å²) < 4.78 is 0. The highest BCUT2D eigenvalue weighted by molar-refractivity contribution is 8.13. The summed E-state index contributed by atoms with van der Waals surface area (Å²) in [4.78, 5) is 13.9. The van der Waals surface area contributed by atoms with Crippen LogP contribution in [0.1, 0.15) is 43.4 Å². The molecule has 2 aliphatic heterocycles. The van der Waals surface area contributed by atoms with Gasteiger partial charge in [0.2, 0.25) is 0 Å². The Labute approximate surface area is 215 Å². The van der Waals surface area contributed by atoms with Gasteiger partial charge in [0.05, 0.1) is 5.04 Å². The van der Waals surface area contributed by atoms with E-state index < -0.39 is 0 Å². The quantitative estimate of drug-likeness (QED) is 0.380. The van der Waals surface area contributed by atoms with E-state index in [-0.39, 0.29) is 5.92 Å². The molecule has 0 amide bonds. The molecule has 1 saturated heterocycles. The molecule has 6 nitrogen and oxygen atoms in total. The van der Waals surface area contributed by atoms with Crippen LogP contribution in [0.15, 0.2) is 57.9 Å². The molecule has 2 heterocycles. The van der Waals surface area contributed by atoms with Crippen LogP contribution in [0.4, 0.5) is 0 Å². The van der Waals surface area contributed by atoms with Crippen LogP contribution >= 0.6 is 11.8 Å². The van der Waals surface area contributed by atoms with Crippen LogP contribution in [-0.4, -0.2) is 67.2 Å². The SMILES string of the molecule is C=N/C(=C\c1cc(CSC(C)=N)ccc1C)NC(=C)C1=CC(N(C)C2CCN(C)CC2)=NCC1C. The fraction of sp³-hybridized carbons (Fsp3) is 0.464. The van der Waals surface area contributed by atoms with Crippen molar-refractivity contribution in [2.45, 2.75) is 45.4 Å². The maximum absolute atomic E-state index is 7.67. The molecule has 1 atom stereocenters. The number of aryl methyl sites for hydroxylation is 1. The number of likely N-dealkylation sites (tertiary alicyclic amines) is 1. The summed E-state index contributed by atoms with van der Waals surface area (Å²) in [5.74, 6) is 2.77. The van der Waals surface area contributed by atoms with E-state index in [1.54, 1.807) is 0 Å². The molecule has 1 unspecified atom stereocenters. The summed E-state index contributed by atoms with van der Waals surface area (Å²) >= 11 is 1.54. The number of likely N-dealkylation sites (N-methyl/N-ethyl adjacent to an activating group) is 1. The Bertz CT molecular complexity index is 1050. The molecule has 35 heavy (non-hydrogen) atoms. The van der Waals surface area contributed by atoms with E-state index >= 15 is 0 Å². The summed E-state index contributed by atoms with van der Waals surface area (Å²) in [6.07, 6.45) is 6.53. The topological polar surface area (TPSA) is 67.1 Å². The molecule has 0 bridgehead atoms. The van der Waals surface area contributed by atoms with Gasteiger partial charge in [0.1, 0.15) is 11.7 Å². The average Bonchev–Trinajstić information content (AvgIpc) is 2.84. The van der Waals surface area contributed by atoms with Crippen LogP contribution in [0.25, 0.3) is 6.08 Å². The van der Waals surface area contributed by atoms with E-state index in [0.717, 1.165) is 60.9 Å². The molecule has 0 aromatic heterocycles. The molecule has 2 N–H and O–H groups in total. The minimum absolute atomic E-state index is 0.280. The van der Waals surface area contributed by atoms with Crippen molar-refractivity contribution in [2.24, 2.45) is 15.9 Å². The van der Waals surface area contributed by atoms with Crippen molar-refractivity contribution < 1.29 is 0 Å². The lowest BCUT2D eigenvalue weighted by molar-refractivity contribution is 0.192. The maximum Gasteiger partial charge on any atom is 0.130 e. The Morgan fingerprint density at radius 3 is 2.74 bits per heavy atom. The minimum atomic E-state index is 0.280. The number of amidine groups is 1. The van der Waals surface area contributed by atoms with Crippen molar-refractivity contribution in [3.05, 3.63) is 64.6 Å². The number of thioether (sulfide) groups is 1. The van der Waals surface area contributed by atoms with Crippen LogP contribution in [0.3, 0.4) is 0 Å². The summed E-state index contributed by atoms with van der Waals surface area (Å²) in [6, 6.07) is 6.91. The zero-order valence-electron chi connectivity index (χ0n) is 21.9. The second-order valence-electron chi connectivity index (χ2n) is 9.67. The number of rotatable bonds is 8. The number of benzene rings is 1. The number of allylic oxidation sites excluding steroid dienone is 1. The number of aliphatic imine (C=N–C) groups is 2. The largest absolute Gasteiger partial charge is 0.357 e. The van der Waals surface area contributed by atoms with Crippen LogP contribution in [0.2, 0.25) is 0 Å². The first-order chi connectivity index (χ1) is 16.7. The predicted molar refractivity (Wildman–Crippen MR) is 154 cm³/mol. The van der Waals surface area contributed by atoms with Crippen molar-refractivity contribution in [1.29, 1.82) is 5.41 Å². The van der Waals surface area contributed by atoms with Gasteiger partial charge in [-0.05, 0) is 88.0 Å². The summed E-state index contributed by atoms with van der Waals surface area (Å²) in [5, 5.41) is 11.7. The highest BCUT2D eigenvalue weighted by Gasteiger charge is 2.25. The van der Waals surface area contributed by atoms with E-state index in [4.69, 9.17) is 10.4 Å². The molecule has 0 aliphatic carbocycles. The van der Waals surface area contributed by atoms with Crippen LogP contribution in [0, 0.1) is 18.3 Å². The van der Waals surface area contributed by atoms with Crippen molar-refractivity contribution in [1.82, 2.24) is 15.1 Å². The molecule has 2 aliphatic rings. The number of hydrogen-bond donors (Lipinski definition) is 2. The first-order valence-corrected chi connectivity index (χ1v) is 13.3. The lowest BCUT2D eigenvalue weighted by atomic mass is 9.95. The third kappa shape index (κ3) is 7.42. The molecule has 188 valence electrons. The number of nitrogens with one attached hydrogen (secondary N) is 2. The number of hydrogen-bond acceptors (Lipinski definition) is 7. The molecule has 0 radical (unpaired) electrons. The Balaban J connectivity index is 1.74. The molecule has 0 saturated carbocycles. The summed E-state index contributed by atoms with van der Waals surface area (Å²) in [5.41, 5.74) is 5.43. The minimum Gasteiger partial charge on any atom is -0.357 e. The number of piperidine rings is 1. The first kappa shape index (κ1) is 27.0. The second kappa shape index (κ2) is 12.4. The average molecular weight is 493 g/mol. The van der Waals surface area contributed by atoms with Gasteiger partial charge in [0, 0.05) is 37.0 Å². The Hall–Kier alpha value is -2.64. The van der Waals surface area contributed by atoms with Gasteiger partial charge in [-0.2, -0.15) is 0 Å². The van der Waals surface area contributed by atoms with E-state index in [1.165, 1.54) is 22.9 Å². The molecular weight excluding hydrogens is 452 g/mol. The van der Waals surface area contributed by atoms with Gasteiger partial charge >= 0.3 is 0 Å². The van der Waals surface area contributed by atoms with Gasteiger partial charge in [-0.15, -0.1) is 11.8 Å². The third-order valence-electron chi connectivity index (χ3n) is 6.83. The molecule has 1 fully saturated rings. The zero-order valence-corrected chi connectivity index (χ0v) is 22.7. The van der Waals surface area contributed by atoms with Crippen molar-refractivity contribution >= 4 is 35.4 Å². The van der Waals surface area contributed by atoms with Gasteiger partial charge in [-0.3, -0.25) is 10.4 Å². The highest BCUT2D eigenvalue weighted by atomic mass is 32.2. The van der Waals surface area contributed by atoms with Crippen molar-refractivity contribution in [3.63, 3.8) is 0 Å². The second-order valence-corrected chi connectivity index (χ2v) is 10.9. The lowest BCUT2D eigenvalue weighted by Gasteiger charge is -2.37. The summed E-state index contributed by atoms with van der Waals surface area (Å²) in [6.45, 7) is 17.2. The Morgan fingerprint density at radius 1 is 1.37 bits per heavy atom. The normalized spacial score (nSPS) is 19.6. The van der Waals surface area contributed by atoms with E-state index in [1.807, 2.05) is 13.0 Å². The monoisotopic (exact) mass is 492 g/mol. The fourth-order valence-electron chi connectivity index (χ4n) is 4.45. The van der Waals surface area contributed by atoms with Gasteiger partial charge in [0.25, 0.3) is 0 Å². The Morgan fingerprint density at radius 2 is 2.09 bits per heavy atom. The van der Waals surface area contributed by atoms with Gasteiger partial charge in [-0.25, -0.2) is 4.99 Å². The standard InChI is InChI=1S/C28H40N6S/c1-19-8-9-23(18-35-22(4)29)14-24(19)15-27(30-5)32-21(3)26-16-28(31-17-20(26)2)34(7)25-10-12-33(6)13-11-25/h8-9,14-16,20,25,29,32H,3,5,10-13,17-18H2,1-2,4,6-7H3/b27-15+,29-22?. The zero-order chi connectivity index (χ0) is 25.5. The number of dihydropyridines is 1. The van der Waals surface area contributed by atoms with Crippen molar-refractivity contribution in [2.75, 3.05) is 33.7 Å². The summed E-state index contributed by atoms with van der Waals surface area (Å²) in [7, 11) is 4.36. The number of nitrogens with zero attached hydrogens (tertiary/aromatic N) is 4. The molecular formula is C28H40N6S. The Kier molecular flexibility index (Phi) is 9.52. The van der Waals surface area contributed by atoms with Crippen LogP contribution in [0.5, 0.6) is 0 Å². The third-order valence-corrected chi connectivity index (χ3v) is 7.74. The predicted octanol–water partition coefficient (Wildman–Crippen LogP) is 5.33.